The first-order chi connectivity index (χ1) is 8.99. The number of urea groups is 1. The molecule has 6 nitrogen and oxygen atoms in total. The van der Waals surface area contributed by atoms with Crippen molar-refractivity contribution < 1.29 is 14.7 Å². The number of likely N-dealkylation sites (tertiary alicyclic amines) is 2. The van der Waals surface area contributed by atoms with Crippen molar-refractivity contribution in [3.8, 4) is 0 Å². The minimum Gasteiger partial charge on any atom is -0.391 e. The van der Waals surface area contributed by atoms with Crippen molar-refractivity contribution >= 4 is 11.9 Å². The van der Waals surface area contributed by atoms with E-state index in [-0.39, 0.29) is 24.0 Å². The van der Waals surface area contributed by atoms with Crippen LogP contribution in [0.5, 0.6) is 0 Å². The lowest BCUT2D eigenvalue weighted by Crippen LogP contribution is -2.49. The van der Waals surface area contributed by atoms with E-state index in [1.54, 1.807) is 28.8 Å². The van der Waals surface area contributed by atoms with Crippen molar-refractivity contribution in [3.05, 3.63) is 0 Å². The van der Waals surface area contributed by atoms with Crippen LogP contribution in [-0.2, 0) is 4.79 Å². The van der Waals surface area contributed by atoms with Gasteiger partial charge in [-0.25, -0.2) is 4.79 Å². The maximum Gasteiger partial charge on any atom is 0.319 e. The van der Waals surface area contributed by atoms with Crippen LogP contribution in [0.4, 0.5) is 4.79 Å². The molecule has 0 aromatic carbocycles. The van der Waals surface area contributed by atoms with Gasteiger partial charge in [-0.3, -0.25) is 4.79 Å². The predicted octanol–water partition coefficient (Wildman–Crippen LogP) is -0.0268. The molecule has 0 aromatic rings. The van der Waals surface area contributed by atoms with Crippen molar-refractivity contribution in [1.29, 1.82) is 0 Å². The van der Waals surface area contributed by atoms with E-state index >= 15 is 0 Å². The van der Waals surface area contributed by atoms with Gasteiger partial charge in [-0.05, 0) is 19.3 Å². The van der Waals surface area contributed by atoms with Crippen LogP contribution in [0.15, 0.2) is 0 Å². The van der Waals surface area contributed by atoms with Crippen LogP contribution in [0.3, 0.4) is 0 Å². The lowest BCUT2D eigenvalue weighted by Gasteiger charge is -2.35. The van der Waals surface area contributed by atoms with Crippen LogP contribution >= 0.6 is 0 Å². The van der Waals surface area contributed by atoms with Gasteiger partial charge in [-0.2, -0.15) is 0 Å². The number of hydrogen-bond donors (Lipinski definition) is 1. The molecule has 0 bridgehead atoms. The Kier molecular flexibility index (Phi) is 4.29. The highest BCUT2D eigenvalue weighted by Crippen LogP contribution is 2.22. The quantitative estimate of drug-likeness (QED) is 0.727. The van der Waals surface area contributed by atoms with Gasteiger partial charge in [-0.15, -0.1) is 0 Å². The van der Waals surface area contributed by atoms with Crippen LogP contribution in [0.2, 0.25) is 0 Å². The Morgan fingerprint density at radius 1 is 1.11 bits per heavy atom. The fraction of sp³-hybridized carbons (Fsp3) is 0.846. The van der Waals surface area contributed by atoms with E-state index in [0.717, 1.165) is 19.4 Å². The van der Waals surface area contributed by atoms with Gasteiger partial charge in [0, 0.05) is 40.3 Å². The molecule has 6 heteroatoms. The zero-order chi connectivity index (χ0) is 14.0. The second-order valence-corrected chi connectivity index (χ2v) is 5.69. The number of piperidine rings is 1. The third kappa shape index (κ3) is 3.18. The highest BCUT2D eigenvalue weighted by Gasteiger charge is 2.34. The molecule has 19 heavy (non-hydrogen) atoms. The summed E-state index contributed by atoms with van der Waals surface area (Å²) in [6, 6.07) is -0.0287. The van der Waals surface area contributed by atoms with Crippen LogP contribution in [-0.4, -0.2) is 78.1 Å². The Bertz CT molecular complexity index is 359. The van der Waals surface area contributed by atoms with Gasteiger partial charge in [0.25, 0.3) is 0 Å². The van der Waals surface area contributed by atoms with Crippen molar-refractivity contribution in [1.82, 2.24) is 14.7 Å². The molecule has 2 rings (SSSR count). The molecule has 2 fully saturated rings. The largest absolute Gasteiger partial charge is 0.391 e. The second-order valence-electron chi connectivity index (χ2n) is 5.69. The topological polar surface area (TPSA) is 64.1 Å². The van der Waals surface area contributed by atoms with Crippen LogP contribution in [0.1, 0.15) is 19.3 Å². The van der Waals surface area contributed by atoms with Gasteiger partial charge in [0.2, 0.25) is 5.91 Å². The molecular weight excluding hydrogens is 246 g/mol. The number of rotatable bonds is 1. The first kappa shape index (κ1) is 14.1. The van der Waals surface area contributed by atoms with Gasteiger partial charge in [0.05, 0.1) is 12.0 Å². The zero-order valence-corrected chi connectivity index (χ0v) is 11.7. The van der Waals surface area contributed by atoms with Crippen molar-refractivity contribution in [2.24, 2.45) is 5.92 Å². The smallest absolute Gasteiger partial charge is 0.319 e. The van der Waals surface area contributed by atoms with Crippen molar-refractivity contribution in [2.45, 2.75) is 25.4 Å². The molecule has 0 spiro atoms. The zero-order valence-electron chi connectivity index (χ0n) is 11.7. The number of amides is 3. The lowest BCUT2D eigenvalue weighted by molar-refractivity contribution is -0.136. The van der Waals surface area contributed by atoms with Gasteiger partial charge >= 0.3 is 6.03 Å². The molecule has 0 saturated carbocycles. The van der Waals surface area contributed by atoms with Crippen LogP contribution in [0, 0.1) is 5.92 Å². The molecule has 2 aliphatic rings. The Balaban J connectivity index is 1.93. The van der Waals surface area contributed by atoms with Crippen molar-refractivity contribution in [2.75, 3.05) is 40.3 Å². The first-order valence-electron chi connectivity index (χ1n) is 6.92. The van der Waals surface area contributed by atoms with E-state index < -0.39 is 0 Å². The maximum absolute atomic E-state index is 12.3. The summed E-state index contributed by atoms with van der Waals surface area (Å²) in [7, 11) is 3.45. The Morgan fingerprint density at radius 2 is 1.84 bits per heavy atom. The summed E-state index contributed by atoms with van der Waals surface area (Å²) in [5.74, 6) is -0.0178. The number of hydrogen-bond acceptors (Lipinski definition) is 3. The predicted molar refractivity (Wildman–Crippen MR) is 70.6 cm³/mol. The molecule has 1 unspecified atom stereocenters. The maximum atomic E-state index is 12.3. The van der Waals surface area contributed by atoms with E-state index in [1.807, 2.05) is 0 Å². The summed E-state index contributed by atoms with van der Waals surface area (Å²) in [6.07, 6.45) is 1.99. The molecule has 0 radical (unpaired) electrons. The average molecular weight is 269 g/mol. The van der Waals surface area contributed by atoms with Crippen LogP contribution in [0.25, 0.3) is 0 Å². The molecule has 2 atom stereocenters. The Labute approximate surface area is 114 Å². The number of aliphatic hydroxyl groups excluding tert-OH is 1. The Hall–Kier alpha value is -1.30. The van der Waals surface area contributed by atoms with Gasteiger partial charge in [0.15, 0.2) is 0 Å². The fourth-order valence-corrected chi connectivity index (χ4v) is 2.84. The summed E-state index contributed by atoms with van der Waals surface area (Å²) >= 11 is 0. The molecule has 1 N–H and O–H groups in total. The lowest BCUT2D eigenvalue weighted by atomic mass is 9.97. The average Bonchev–Trinajstić information content (AvgIpc) is 2.83. The second kappa shape index (κ2) is 5.77. The first-order valence-corrected chi connectivity index (χ1v) is 6.92. The molecule has 0 aliphatic carbocycles. The normalized spacial score (nSPS) is 27.5. The molecule has 2 aliphatic heterocycles. The Morgan fingerprint density at radius 3 is 2.42 bits per heavy atom. The number of carbonyl (C=O) groups is 2. The number of carbonyl (C=O) groups excluding carboxylic acids is 2. The van der Waals surface area contributed by atoms with E-state index in [4.69, 9.17) is 0 Å². The highest BCUT2D eigenvalue weighted by molar-refractivity contribution is 5.81. The van der Waals surface area contributed by atoms with Crippen molar-refractivity contribution in [3.63, 3.8) is 0 Å². The molecule has 3 amide bonds. The van der Waals surface area contributed by atoms with Gasteiger partial charge in [-0.1, -0.05) is 0 Å². The standard InChI is InChI=1S/C13H23N3O3/c1-14(2)13(19)16-6-3-4-10(8-16)12(18)15-7-5-11(17)9-15/h10-11,17H,3-9H2,1-2H3/t10?,11-/m1/s1. The third-order valence-corrected chi connectivity index (χ3v) is 3.90. The van der Waals surface area contributed by atoms with Crippen LogP contribution < -0.4 is 0 Å². The summed E-state index contributed by atoms with van der Waals surface area (Å²) in [5, 5.41) is 9.49. The number of aliphatic hydroxyl groups is 1. The third-order valence-electron chi connectivity index (χ3n) is 3.90. The molecule has 2 saturated heterocycles. The molecule has 108 valence electrons. The molecule has 0 aromatic heterocycles. The molecular formula is C13H23N3O3. The van der Waals surface area contributed by atoms with E-state index in [0.29, 0.717) is 26.1 Å². The van der Waals surface area contributed by atoms with E-state index in [9.17, 15) is 14.7 Å². The summed E-state index contributed by atoms with van der Waals surface area (Å²) in [5.41, 5.74) is 0. The van der Waals surface area contributed by atoms with Gasteiger partial charge in [0.1, 0.15) is 0 Å². The van der Waals surface area contributed by atoms with E-state index in [1.165, 1.54) is 0 Å². The highest BCUT2D eigenvalue weighted by atomic mass is 16.3. The number of β-amino-alcohol motifs (C(OH)–C–C–N with tert-alkyl or cyclic N) is 1. The monoisotopic (exact) mass is 269 g/mol. The minimum atomic E-state index is -0.382. The SMILES string of the molecule is CN(C)C(=O)N1CCCC(C(=O)N2CC[C@@H](O)C2)C1. The van der Waals surface area contributed by atoms with Gasteiger partial charge < -0.3 is 19.8 Å². The summed E-state index contributed by atoms with van der Waals surface area (Å²) in [6.45, 7) is 2.31. The fourth-order valence-electron chi connectivity index (χ4n) is 2.84. The van der Waals surface area contributed by atoms with E-state index in [2.05, 4.69) is 0 Å². The number of nitrogens with zero attached hydrogens (tertiary/aromatic N) is 3. The summed E-state index contributed by atoms with van der Waals surface area (Å²) < 4.78 is 0. The minimum absolute atomic E-state index is 0.0287. The summed E-state index contributed by atoms with van der Waals surface area (Å²) in [4.78, 5) is 29.3. The molecule has 2 heterocycles.